The zero-order chi connectivity index (χ0) is 20.1. The molecule has 8 nitrogen and oxygen atoms in total. The van der Waals surface area contributed by atoms with Gasteiger partial charge in [-0.2, -0.15) is 14.8 Å². The molecule has 28 heavy (non-hydrogen) atoms. The lowest BCUT2D eigenvalue weighted by molar-refractivity contribution is 0.00558. The van der Waals surface area contributed by atoms with E-state index in [0.717, 1.165) is 11.1 Å². The molecule has 2 aromatic heterocycles. The van der Waals surface area contributed by atoms with Gasteiger partial charge in [0.05, 0.1) is 17.1 Å². The van der Waals surface area contributed by atoms with E-state index in [4.69, 9.17) is 9.26 Å². The molecule has 0 radical (unpaired) electrons. The highest BCUT2D eigenvalue weighted by Gasteiger charge is 2.38. The molecule has 4 rings (SSSR count). The van der Waals surface area contributed by atoms with Gasteiger partial charge in [-0.15, -0.1) is 0 Å². The number of carbonyl (C=O) groups excluding carboxylic acids is 1. The molecule has 1 amide bonds. The minimum absolute atomic E-state index is 0.0574. The Morgan fingerprint density at radius 1 is 1.36 bits per heavy atom. The van der Waals surface area contributed by atoms with Gasteiger partial charge in [-0.25, -0.2) is 9.18 Å². The van der Waals surface area contributed by atoms with Gasteiger partial charge in [0.25, 0.3) is 5.95 Å². The van der Waals surface area contributed by atoms with Crippen molar-refractivity contribution in [3.63, 3.8) is 0 Å². The van der Waals surface area contributed by atoms with Crippen molar-refractivity contribution >= 4 is 17.0 Å². The summed E-state index contributed by atoms with van der Waals surface area (Å²) in [6, 6.07) is 4.53. The Labute approximate surface area is 161 Å². The van der Waals surface area contributed by atoms with Crippen LogP contribution in [-0.2, 0) is 11.2 Å². The topological polar surface area (TPSA) is 86.3 Å². The normalized spacial score (nSPS) is 15.1. The fourth-order valence-electron chi connectivity index (χ4n) is 3.16. The average molecular weight is 387 g/mol. The van der Waals surface area contributed by atoms with E-state index < -0.39 is 5.60 Å². The van der Waals surface area contributed by atoms with E-state index in [-0.39, 0.29) is 23.8 Å². The standard InChI is InChI=1S/C19H22FN5O3/c1-5-14-13-7-6-12(20)8-15(13)25(22-14)17-21-16(28-23-17)11-9-24(10-11)18(26)27-19(2,3)4/h6-8,11H,5,9-10H2,1-4H3. The first-order chi connectivity index (χ1) is 13.2. The molecule has 0 spiro atoms. The van der Waals surface area contributed by atoms with Crippen molar-refractivity contribution < 1.29 is 18.4 Å². The van der Waals surface area contributed by atoms with E-state index in [1.807, 2.05) is 27.7 Å². The van der Waals surface area contributed by atoms with Crippen molar-refractivity contribution in [3.8, 4) is 5.95 Å². The van der Waals surface area contributed by atoms with Gasteiger partial charge in [0.2, 0.25) is 5.89 Å². The predicted octanol–water partition coefficient (Wildman–Crippen LogP) is 3.44. The minimum Gasteiger partial charge on any atom is -0.444 e. The molecule has 0 N–H and O–H groups in total. The molecule has 1 fully saturated rings. The summed E-state index contributed by atoms with van der Waals surface area (Å²) in [6.07, 6.45) is 0.345. The molecule has 3 aromatic rings. The van der Waals surface area contributed by atoms with Gasteiger partial charge < -0.3 is 14.2 Å². The summed E-state index contributed by atoms with van der Waals surface area (Å²) in [5.41, 5.74) is 0.891. The van der Waals surface area contributed by atoms with E-state index in [1.54, 1.807) is 11.0 Å². The maximum atomic E-state index is 13.7. The fraction of sp³-hybridized carbons (Fsp3) is 0.474. The number of aromatic nitrogens is 4. The van der Waals surface area contributed by atoms with Gasteiger partial charge in [0.15, 0.2) is 0 Å². The highest BCUT2D eigenvalue weighted by molar-refractivity contribution is 5.83. The third-order valence-electron chi connectivity index (χ3n) is 4.56. The third kappa shape index (κ3) is 3.32. The maximum absolute atomic E-state index is 13.7. The number of fused-ring (bicyclic) bond motifs is 1. The van der Waals surface area contributed by atoms with Crippen molar-refractivity contribution in [3.05, 3.63) is 35.6 Å². The summed E-state index contributed by atoms with van der Waals surface area (Å²) >= 11 is 0. The number of hydrogen-bond acceptors (Lipinski definition) is 6. The average Bonchev–Trinajstić information content (AvgIpc) is 3.15. The summed E-state index contributed by atoms with van der Waals surface area (Å²) in [5, 5.41) is 9.36. The van der Waals surface area contributed by atoms with E-state index in [9.17, 15) is 9.18 Å². The number of rotatable bonds is 3. The summed E-state index contributed by atoms with van der Waals surface area (Å²) in [7, 11) is 0. The second-order valence-electron chi connectivity index (χ2n) is 7.89. The molecule has 148 valence electrons. The van der Waals surface area contributed by atoms with Gasteiger partial charge >= 0.3 is 6.09 Å². The molecule has 0 atom stereocenters. The quantitative estimate of drug-likeness (QED) is 0.684. The Balaban J connectivity index is 1.53. The van der Waals surface area contributed by atoms with Crippen molar-refractivity contribution in [2.24, 2.45) is 0 Å². The van der Waals surface area contributed by atoms with E-state index in [2.05, 4.69) is 15.2 Å². The van der Waals surface area contributed by atoms with Crippen LogP contribution in [-0.4, -0.2) is 49.6 Å². The summed E-state index contributed by atoms with van der Waals surface area (Å²) in [5.74, 6) is 0.263. The highest BCUT2D eigenvalue weighted by Crippen LogP contribution is 2.29. The largest absolute Gasteiger partial charge is 0.444 e. The molecule has 1 aliphatic rings. The number of benzene rings is 1. The molecule has 1 aromatic carbocycles. The SMILES string of the molecule is CCc1nn(-c2noc(C3CN(C(=O)OC(C)(C)C)C3)n2)c2cc(F)ccc12. The van der Waals surface area contributed by atoms with Crippen LogP contribution in [0.2, 0.25) is 0 Å². The highest BCUT2D eigenvalue weighted by atomic mass is 19.1. The van der Waals surface area contributed by atoms with E-state index >= 15 is 0 Å². The predicted molar refractivity (Wildman–Crippen MR) is 98.8 cm³/mol. The smallest absolute Gasteiger partial charge is 0.410 e. The fourth-order valence-corrected chi connectivity index (χ4v) is 3.16. The minimum atomic E-state index is -0.534. The van der Waals surface area contributed by atoms with Crippen molar-refractivity contribution in [1.29, 1.82) is 0 Å². The van der Waals surface area contributed by atoms with Gasteiger partial charge in [-0.05, 0) is 44.5 Å². The van der Waals surface area contributed by atoms with Crippen LogP contribution in [0.25, 0.3) is 16.9 Å². The van der Waals surface area contributed by atoms with Crippen LogP contribution in [0.1, 0.15) is 45.2 Å². The Bertz CT molecular complexity index is 1030. The lowest BCUT2D eigenvalue weighted by atomic mass is 10.0. The van der Waals surface area contributed by atoms with E-state index in [0.29, 0.717) is 30.9 Å². The van der Waals surface area contributed by atoms with Crippen LogP contribution < -0.4 is 0 Å². The van der Waals surface area contributed by atoms with Crippen LogP contribution in [0.3, 0.4) is 0 Å². The Kier molecular flexibility index (Phi) is 4.32. The van der Waals surface area contributed by atoms with Crippen LogP contribution in [0, 0.1) is 5.82 Å². The number of carbonyl (C=O) groups is 1. The Morgan fingerprint density at radius 2 is 2.11 bits per heavy atom. The molecule has 1 saturated heterocycles. The molecule has 1 aliphatic heterocycles. The van der Waals surface area contributed by atoms with Crippen molar-refractivity contribution in [2.45, 2.75) is 45.6 Å². The Morgan fingerprint density at radius 3 is 2.79 bits per heavy atom. The molecule has 0 aliphatic carbocycles. The summed E-state index contributed by atoms with van der Waals surface area (Å²) in [4.78, 5) is 18.1. The molecular weight excluding hydrogens is 365 g/mol. The van der Waals surface area contributed by atoms with Crippen molar-refractivity contribution in [1.82, 2.24) is 24.8 Å². The molecular formula is C19H22FN5O3. The summed E-state index contributed by atoms with van der Waals surface area (Å²) in [6.45, 7) is 8.37. The first-order valence-electron chi connectivity index (χ1n) is 9.24. The first kappa shape index (κ1) is 18.4. The number of aryl methyl sites for hydroxylation is 1. The first-order valence-corrected chi connectivity index (χ1v) is 9.24. The van der Waals surface area contributed by atoms with E-state index in [1.165, 1.54) is 16.8 Å². The number of nitrogens with zero attached hydrogens (tertiary/aromatic N) is 5. The lowest BCUT2D eigenvalue weighted by Crippen LogP contribution is -2.50. The molecule has 3 heterocycles. The zero-order valence-electron chi connectivity index (χ0n) is 16.3. The molecule has 0 saturated carbocycles. The maximum Gasteiger partial charge on any atom is 0.410 e. The number of likely N-dealkylation sites (tertiary alicyclic amines) is 1. The molecule has 0 unspecified atom stereocenters. The number of hydrogen-bond donors (Lipinski definition) is 0. The zero-order valence-corrected chi connectivity index (χ0v) is 16.3. The lowest BCUT2D eigenvalue weighted by Gasteiger charge is -2.37. The number of ether oxygens (including phenoxy) is 1. The second kappa shape index (κ2) is 6.57. The number of halogens is 1. The third-order valence-corrected chi connectivity index (χ3v) is 4.56. The van der Waals surface area contributed by atoms with Crippen LogP contribution >= 0.6 is 0 Å². The van der Waals surface area contributed by atoms with Gasteiger partial charge in [0.1, 0.15) is 11.4 Å². The van der Waals surface area contributed by atoms with Crippen LogP contribution in [0.15, 0.2) is 22.7 Å². The van der Waals surface area contributed by atoms with Gasteiger partial charge in [0, 0.05) is 24.5 Å². The molecule has 0 bridgehead atoms. The Hall–Kier alpha value is -2.97. The van der Waals surface area contributed by atoms with Crippen molar-refractivity contribution in [2.75, 3.05) is 13.1 Å². The molecule has 9 heteroatoms. The van der Waals surface area contributed by atoms with Crippen LogP contribution in [0.4, 0.5) is 9.18 Å². The summed E-state index contributed by atoms with van der Waals surface area (Å²) < 4.78 is 25.9. The second-order valence-corrected chi connectivity index (χ2v) is 7.89. The number of amides is 1. The van der Waals surface area contributed by atoms with Crippen LogP contribution in [0.5, 0.6) is 0 Å². The monoisotopic (exact) mass is 387 g/mol. The van der Waals surface area contributed by atoms with Gasteiger partial charge in [-0.3, -0.25) is 0 Å². The van der Waals surface area contributed by atoms with Gasteiger partial charge in [-0.1, -0.05) is 6.92 Å².